The molecule has 0 aliphatic rings. The van der Waals surface area contributed by atoms with E-state index in [-0.39, 0.29) is 6.04 Å². The lowest BCUT2D eigenvalue weighted by molar-refractivity contribution is 0.850. The van der Waals surface area contributed by atoms with Gasteiger partial charge in [0, 0.05) is 16.8 Å². The molecule has 0 spiro atoms. The van der Waals surface area contributed by atoms with Crippen LogP contribution in [0.5, 0.6) is 0 Å². The smallest absolute Gasteiger partial charge is 0.146 e. The number of anilines is 1. The standard InChI is InChI=1S/C17H18N4S2/c1-12-8-19-17(23-12)13(2)20-15-9-18-10-16(21-15)22-11-14-6-4-3-5-7-14/h3-10,13H,11H2,1-2H3,(H,20,21). The van der Waals surface area contributed by atoms with Gasteiger partial charge in [-0.25, -0.2) is 9.97 Å². The van der Waals surface area contributed by atoms with Crippen molar-refractivity contribution in [3.05, 3.63) is 64.4 Å². The molecule has 1 N–H and O–H groups in total. The van der Waals surface area contributed by atoms with Crippen LogP contribution in [-0.4, -0.2) is 15.0 Å². The maximum atomic E-state index is 4.63. The minimum absolute atomic E-state index is 0.123. The lowest BCUT2D eigenvalue weighted by Crippen LogP contribution is -2.08. The fourth-order valence-corrected chi connectivity index (χ4v) is 3.66. The molecular weight excluding hydrogens is 324 g/mol. The van der Waals surface area contributed by atoms with Crippen LogP contribution in [0.15, 0.2) is 53.9 Å². The molecule has 23 heavy (non-hydrogen) atoms. The Hall–Kier alpha value is -1.92. The Bertz CT molecular complexity index is 758. The van der Waals surface area contributed by atoms with E-state index in [1.165, 1.54) is 10.4 Å². The summed E-state index contributed by atoms with van der Waals surface area (Å²) in [5.41, 5.74) is 1.28. The number of hydrogen-bond donors (Lipinski definition) is 1. The van der Waals surface area contributed by atoms with E-state index in [9.17, 15) is 0 Å². The van der Waals surface area contributed by atoms with E-state index >= 15 is 0 Å². The Labute approximate surface area is 144 Å². The zero-order valence-corrected chi connectivity index (χ0v) is 14.7. The van der Waals surface area contributed by atoms with Gasteiger partial charge in [0.25, 0.3) is 0 Å². The fraction of sp³-hybridized carbons (Fsp3) is 0.235. The highest BCUT2D eigenvalue weighted by Crippen LogP contribution is 2.24. The van der Waals surface area contributed by atoms with Crippen LogP contribution >= 0.6 is 23.1 Å². The molecule has 6 heteroatoms. The molecule has 0 aliphatic heterocycles. The lowest BCUT2D eigenvalue weighted by atomic mass is 10.2. The van der Waals surface area contributed by atoms with E-state index < -0.39 is 0 Å². The molecule has 0 aliphatic carbocycles. The molecule has 2 heterocycles. The summed E-state index contributed by atoms with van der Waals surface area (Å²) >= 11 is 3.39. The van der Waals surface area contributed by atoms with Crippen LogP contribution in [0, 0.1) is 6.92 Å². The van der Waals surface area contributed by atoms with Crippen molar-refractivity contribution in [2.75, 3.05) is 5.32 Å². The van der Waals surface area contributed by atoms with Crippen molar-refractivity contribution < 1.29 is 0 Å². The first-order valence-electron chi connectivity index (χ1n) is 7.38. The molecule has 118 valence electrons. The van der Waals surface area contributed by atoms with E-state index in [2.05, 4.69) is 58.4 Å². The number of nitrogens with zero attached hydrogens (tertiary/aromatic N) is 3. The first-order valence-corrected chi connectivity index (χ1v) is 9.18. The summed E-state index contributed by atoms with van der Waals surface area (Å²) in [6.07, 6.45) is 5.45. The summed E-state index contributed by atoms with van der Waals surface area (Å²) in [5.74, 6) is 1.67. The van der Waals surface area contributed by atoms with Gasteiger partial charge in [0.15, 0.2) is 0 Å². The molecule has 0 fully saturated rings. The summed E-state index contributed by atoms with van der Waals surface area (Å²) in [6, 6.07) is 10.5. The molecule has 3 aromatic rings. The minimum atomic E-state index is 0.123. The van der Waals surface area contributed by atoms with E-state index in [0.29, 0.717) is 0 Å². The normalized spacial score (nSPS) is 12.1. The lowest BCUT2D eigenvalue weighted by Gasteiger charge is -2.12. The summed E-state index contributed by atoms with van der Waals surface area (Å²) in [6.45, 7) is 4.15. The van der Waals surface area contributed by atoms with Gasteiger partial charge >= 0.3 is 0 Å². The number of aryl methyl sites for hydroxylation is 1. The molecule has 1 atom stereocenters. The van der Waals surface area contributed by atoms with Crippen molar-refractivity contribution in [2.24, 2.45) is 0 Å². The van der Waals surface area contributed by atoms with Crippen LogP contribution < -0.4 is 5.32 Å². The third-order valence-corrected chi connectivity index (χ3v) is 5.28. The van der Waals surface area contributed by atoms with Crippen molar-refractivity contribution in [2.45, 2.75) is 30.7 Å². The largest absolute Gasteiger partial charge is 0.360 e. The van der Waals surface area contributed by atoms with Gasteiger partial charge in [-0.1, -0.05) is 30.3 Å². The second kappa shape index (κ2) is 7.57. The quantitative estimate of drug-likeness (QED) is 0.658. The Morgan fingerprint density at radius 3 is 2.74 bits per heavy atom. The van der Waals surface area contributed by atoms with Crippen molar-refractivity contribution in [1.29, 1.82) is 0 Å². The van der Waals surface area contributed by atoms with E-state index in [0.717, 1.165) is 21.6 Å². The maximum absolute atomic E-state index is 4.63. The summed E-state index contributed by atoms with van der Waals surface area (Å²) in [4.78, 5) is 14.5. The Kier molecular flexibility index (Phi) is 5.25. The number of rotatable bonds is 6. The van der Waals surface area contributed by atoms with Crippen LogP contribution in [0.1, 0.15) is 28.4 Å². The number of aromatic nitrogens is 3. The molecule has 2 aromatic heterocycles. The van der Waals surface area contributed by atoms with Crippen molar-refractivity contribution in [3.63, 3.8) is 0 Å². The first kappa shape index (κ1) is 16.0. The highest BCUT2D eigenvalue weighted by Gasteiger charge is 2.10. The van der Waals surface area contributed by atoms with Gasteiger partial charge in [-0.05, 0) is 19.4 Å². The van der Waals surface area contributed by atoms with Gasteiger partial charge in [0.2, 0.25) is 0 Å². The van der Waals surface area contributed by atoms with Crippen LogP contribution in [0.2, 0.25) is 0 Å². The average Bonchev–Trinajstić information content (AvgIpc) is 3.01. The Morgan fingerprint density at radius 2 is 2.00 bits per heavy atom. The maximum Gasteiger partial charge on any atom is 0.146 e. The van der Waals surface area contributed by atoms with Crippen LogP contribution in [0.4, 0.5) is 5.82 Å². The van der Waals surface area contributed by atoms with Crippen molar-refractivity contribution in [3.8, 4) is 0 Å². The molecule has 3 rings (SSSR count). The average molecular weight is 342 g/mol. The second-order valence-electron chi connectivity index (χ2n) is 5.19. The molecule has 0 bridgehead atoms. The molecule has 0 saturated heterocycles. The van der Waals surface area contributed by atoms with E-state index in [1.807, 2.05) is 12.3 Å². The molecular formula is C17H18N4S2. The van der Waals surface area contributed by atoms with Gasteiger partial charge in [0.1, 0.15) is 15.9 Å². The number of thiazole rings is 1. The number of nitrogens with one attached hydrogen (secondary N) is 1. The number of thioether (sulfide) groups is 1. The van der Waals surface area contributed by atoms with Crippen LogP contribution in [0.25, 0.3) is 0 Å². The van der Waals surface area contributed by atoms with E-state index in [1.54, 1.807) is 35.5 Å². The monoisotopic (exact) mass is 342 g/mol. The van der Waals surface area contributed by atoms with Gasteiger partial charge in [-0.2, -0.15) is 0 Å². The Morgan fingerprint density at radius 1 is 1.17 bits per heavy atom. The van der Waals surface area contributed by atoms with Crippen LogP contribution in [0.3, 0.4) is 0 Å². The highest BCUT2D eigenvalue weighted by molar-refractivity contribution is 7.98. The molecule has 1 unspecified atom stereocenters. The van der Waals surface area contributed by atoms with Crippen LogP contribution in [-0.2, 0) is 5.75 Å². The number of hydrogen-bond acceptors (Lipinski definition) is 6. The molecule has 0 amide bonds. The molecule has 1 aromatic carbocycles. The zero-order chi connectivity index (χ0) is 16.1. The van der Waals surface area contributed by atoms with Crippen molar-refractivity contribution in [1.82, 2.24) is 15.0 Å². The predicted molar refractivity (Wildman–Crippen MR) is 96.9 cm³/mol. The number of benzene rings is 1. The first-order chi connectivity index (χ1) is 11.2. The zero-order valence-electron chi connectivity index (χ0n) is 13.1. The highest BCUT2D eigenvalue weighted by atomic mass is 32.2. The third kappa shape index (κ3) is 4.53. The van der Waals surface area contributed by atoms with Gasteiger partial charge in [0.05, 0.1) is 18.4 Å². The van der Waals surface area contributed by atoms with Gasteiger partial charge in [-0.15, -0.1) is 23.1 Å². The molecule has 0 saturated carbocycles. The fourth-order valence-electron chi connectivity index (χ4n) is 2.07. The molecule has 4 nitrogen and oxygen atoms in total. The summed E-state index contributed by atoms with van der Waals surface area (Å²) in [5, 5.41) is 5.35. The van der Waals surface area contributed by atoms with Crippen molar-refractivity contribution >= 4 is 28.9 Å². The molecule has 0 radical (unpaired) electrons. The third-order valence-electron chi connectivity index (χ3n) is 3.22. The predicted octanol–water partition coefficient (Wildman–Crippen LogP) is 4.71. The van der Waals surface area contributed by atoms with E-state index in [4.69, 9.17) is 0 Å². The van der Waals surface area contributed by atoms with Gasteiger partial charge < -0.3 is 5.32 Å². The van der Waals surface area contributed by atoms with Gasteiger partial charge in [-0.3, -0.25) is 4.98 Å². The topological polar surface area (TPSA) is 50.7 Å². The summed E-state index contributed by atoms with van der Waals surface area (Å²) < 4.78 is 0. The Balaban J connectivity index is 1.63. The summed E-state index contributed by atoms with van der Waals surface area (Å²) in [7, 11) is 0. The SMILES string of the molecule is Cc1cnc(C(C)Nc2cncc(SCc3ccccc3)n2)s1. The minimum Gasteiger partial charge on any atom is -0.360 e. The second-order valence-corrected chi connectivity index (χ2v) is 7.45.